The number of ether oxygens (including phenoxy) is 1. The Kier molecular flexibility index (Phi) is 4.33. The summed E-state index contributed by atoms with van der Waals surface area (Å²) in [7, 11) is 1.92. The third-order valence-corrected chi connectivity index (χ3v) is 2.92. The predicted molar refractivity (Wildman–Crippen MR) is 71.5 cm³/mol. The van der Waals surface area contributed by atoms with Crippen molar-refractivity contribution in [2.75, 3.05) is 13.2 Å². The molecule has 98 valence electrons. The molecule has 0 bridgehead atoms. The van der Waals surface area contributed by atoms with Crippen LogP contribution < -0.4 is 0 Å². The Hall–Kier alpha value is -1.39. The fourth-order valence-corrected chi connectivity index (χ4v) is 2.09. The number of benzene rings is 1. The van der Waals surface area contributed by atoms with Crippen LogP contribution in [0.1, 0.15) is 19.0 Å². The van der Waals surface area contributed by atoms with E-state index < -0.39 is 6.10 Å². The maximum Gasteiger partial charge on any atom is 0.0829 e. The Morgan fingerprint density at radius 2 is 2.17 bits per heavy atom. The topological polar surface area (TPSA) is 47.3 Å². The molecule has 18 heavy (non-hydrogen) atoms. The van der Waals surface area contributed by atoms with Crippen molar-refractivity contribution < 1.29 is 9.84 Å². The molecule has 0 radical (unpaired) electrons. The van der Waals surface area contributed by atoms with Gasteiger partial charge < -0.3 is 9.84 Å². The summed E-state index contributed by atoms with van der Waals surface area (Å²) in [4.78, 5) is 0. The summed E-state index contributed by atoms with van der Waals surface area (Å²) < 4.78 is 7.20. The van der Waals surface area contributed by atoms with Crippen molar-refractivity contribution in [3.05, 3.63) is 30.0 Å². The summed E-state index contributed by atoms with van der Waals surface area (Å²) in [5, 5.41) is 15.5. The summed E-state index contributed by atoms with van der Waals surface area (Å²) in [6, 6.07) is 8.06. The first-order valence-electron chi connectivity index (χ1n) is 6.38. The highest BCUT2D eigenvalue weighted by Crippen LogP contribution is 2.18. The molecule has 1 aromatic heterocycles. The lowest BCUT2D eigenvalue weighted by molar-refractivity contribution is 0.0370. The number of aromatic nitrogens is 2. The third kappa shape index (κ3) is 2.89. The average molecular weight is 248 g/mol. The van der Waals surface area contributed by atoms with Crippen LogP contribution in [0.4, 0.5) is 0 Å². The molecule has 0 saturated carbocycles. The van der Waals surface area contributed by atoms with Crippen LogP contribution >= 0.6 is 0 Å². The summed E-state index contributed by atoms with van der Waals surface area (Å²) in [5.41, 5.74) is 2.02. The molecule has 0 saturated heterocycles. The third-order valence-electron chi connectivity index (χ3n) is 2.92. The first kappa shape index (κ1) is 13.1. The average Bonchev–Trinajstić information content (AvgIpc) is 2.67. The van der Waals surface area contributed by atoms with Gasteiger partial charge in [-0.1, -0.05) is 25.1 Å². The van der Waals surface area contributed by atoms with E-state index in [1.54, 1.807) is 0 Å². The van der Waals surface area contributed by atoms with Gasteiger partial charge in [0, 0.05) is 25.5 Å². The van der Waals surface area contributed by atoms with Crippen LogP contribution in [0.2, 0.25) is 0 Å². The standard InChI is InChI=1S/C14H20N2O2/c1-3-8-18-10-11(17)9-13-12-6-4-5-7-14(12)16(2)15-13/h4-7,11,17H,3,8-10H2,1-2H3. The maximum absolute atomic E-state index is 9.92. The highest BCUT2D eigenvalue weighted by atomic mass is 16.5. The maximum atomic E-state index is 9.92. The van der Waals surface area contributed by atoms with E-state index in [1.807, 2.05) is 36.0 Å². The fourth-order valence-electron chi connectivity index (χ4n) is 2.09. The van der Waals surface area contributed by atoms with E-state index in [1.165, 1.54) is 0 Å². The molecule has 1 atom stereocenters. The van der Waals surface area contributed by atoms with Crippen LogP contribution in [-0.4, -0.2) is 34.2 Å². The molecule has 1 N–H and O–H groups in total. The fraction of sp³-hybridized carbons (Fsp3) is 0.500. The van der Waals surface area contributed by atoms with Gasteiger partial charge in [0.1, 0.15) is 0 Å². The van der Waals surface area contributed by atoms with Crippen molar-refractivity contribution in [3.63, 3.8) is 0 Å². The van der Waals surface area contributed by atoms with E-state index in [9.17, 15) is 5.11 Å². The summed E-state index contributed by atoms with van der Waals surface area (Å²) in [5.74, 6) is 0. The number of hydrogen-bond donors (Lipinski definition) is 1. The molecule has 1 unspecified atom stereocenters. The van der Waals surface area contributed by atoms with E-state index in [-0.39, 0.29) is 0 Å². The first-order chi connectivity index (χ1) is 8.72. The molecular formula is C14H20N2O2. The molecular weight excluding hydrogens is 228 g/mol. The van der Waals surface area contributed by atoms with E-state index in [2.05, 4.69) is 12.0 Å². The molecule has 1 heterocycles. The monoisotopic (exact) mass is 248 g/mol. The van der Waals surface area contributed by atoms with Crippen molar-refractivity contribution >= 4 is 10.9 Å². The van der Waals surface area contributed by atoms with Crippen molar-refractivity contribution in [2.24, 2.45) is 7.05 Å². The van der Waals surface area contributed by atoms with Gasteiger partial charge in [-0.2, -0.15) is 5.10 Å². The number of hydrogen-bond acceptors (Lipinski definition) is 3. The molecule has 4 nitrogen and oxygen atoms in total. The first-order valence-corrected chi connectivity index (χ1v) is 6.38. The van der Waals surface area contributed by atoms with Crippen molar-refractivity contribution in [1.29, 1.82) is 0 Å². The normalized spacial score (nSPS) is 13.1. The molecule has 0 aliphatic rings. The van der Waals surface area contributed by atoms with Crippen molar-refractivity contribution in [1.82, 2.24) is 9.78 Å². The largest absolute Gasteiger partial charge is 0.390 e. The predicted octanol–water partition coefficient (Wildman–Crippen LogP) is 1.90. The number of para-hydroxylation sites is 1. The molecule has 2 rings (SSSR count). The second kappa shape index (κ2) is 5.98. The zero-order chi connectivity index (χ0) is 13.0. The molecule has 2 aromatic rings. The van der Waals surface area contributed by atoms with Gasteiger partial charge >= 0.3 is 0 Å². The van der Waals surface area contributed by atoms with Gasteiger partial charge in [0.15, 0.2) is 0 Å². The second-order valence-corrected chi connectivity index (χ2v) is 4.52. The summed E-state index contributed by atoms with van der Waals surface area (Å²) >= 11 is 0. The van der Waals surface area contributed by atoms with Gasteiger partial charge in [0.25, 0.3) is 0 Å². The van der Waals surface area contributed by atoms with Gasteiger partial charge in [-0.25, -0.2) is 0 Å². The molecule has 0 aliphatic heterocycles. The van der Waals surface area contributed by atoms with E-state index in [0.717, 1.165) is 23.0 Å². The minimum Gasteiger partial charge on any atom is -0.390 e. The molecule has 0 amide bonds. The lowest BCUT2D eigenvalue weighted by Crippen LogP contribution is -2.19. The zero-order valence-electron chi connectivity index (χ0n) is 11.0. The van der Waals surface area contributed by atoms with Crippen LogP contribution in [-0.2, 0) is 18.2 Å². The lowest BCUT2D eigenvalue weighted by atomic mass is 10.1. The summed E-state index contributed by atoms with van der Waals surface area (Å²) in [6.45, 7) is 3.12. The highest BCUT2D eigenvalue weighted by Gasteiger charge is 2.12. The highest BCUT2D eigenvalue weighted by molar-refractivity contribution is 5.81. The second-order valence-electron chi connectivity index (χ2n) is 4.52. The summed E-state index contributed by atoms with van der Waals surface area (Å²) in [6.07, 6.45) is 1.01. The Labute approximate surface area is 107 Å². The Bertz CT molecular complexity index is 507. The number of rotatable bonds is 6. The van der Waals surface area contributed by atoms with E-state index in [0.29, 0.717) is 19.6 Å². The molecule has 1 aromatic carbocycles. The van der Waals surface area contributed by atoms with Crippen LogP contribution in [0.3, 0.4) is 0 Å². The van der Waals surface area contributed by atoms with Crippen LogP contribution in [0, 0.1) is 0 Å². The number of nitrogens with zero attached hydrogens (tertiary/aromatic N) is 2. The van der Waals surface area contributed by atoms with Crippen molar-refractivity contribution in [3.8, 4) is 0 Å². The zero-order valence-corrected chi connectivity index (χ0v) is 11.0. The minimum absolute atomic E-state index is 0.374. The van der Waals surface area contributed by atoms with Crippen LogP contribution in [0.25, 0.3) is 10.9 Å². The SMILES string of the molecule is CCCOCC(O)Cc1nn(C)c2ccccc12. The number of aliphatic hydroxyl groups is 1. The van der Waals surface area contributed by atoms with Crippen LogP contribution in [0.15, 0.2) is 24.3 Å². The molecule has 0 spiro atoms. The molecule has 4 heteroatoms. The van der Waals surface area contributed by atoms with E-state index >= 15 is 0 Å². The molecule has 0 fully saturated rings. The number of aryl methyl sites for hydroxylation is 1. The Morgan fingerprint density at radius 3 is 2.94 bits per heavy atom. The van der Waals surface area contributed by atoms with Gasteiger partial charge in [-0.05, 0) is 12.5 Å². The minimum atomic E-state index is -0.491. The smallest absolute Gasteiger partial charge is 0.0829 e. The number of fused-ring (bicyclic) bond motifs is 1. The van der Waals surface area contributed by atoms with E-state index in [4.69, 9.17) is 4.74 Å². The van der Waals surface area contributed by atoms with Gasteiger partial charge in [-0.3, -0.25) is 4.68 Å². The Balaban J connectivity index is 2.07. The lowest BCUT2D eigenvalue weighted by Gasteiger charge is -2.09. The Morgan fingerprint density at radius 1 is 1.39 bits per heavy atom. The number of aliphatic hydroxyl groups excluding tert-OH is 1. The van der Waals surface area contributed by atoms with Crippen molar-refractivity contribution in [2.45, 2.75) is 25.9 Å². The van der Waals surface area contributed by atoms with Gasteiger partial charge in [0.2, 0.25) is 0 Å². The quantitative estimate of drug-likeness (QED) is 0.794. The van der Waals surface area contributed by atoms with Crippen LogP contribution in [0.5, 0.6) is 0 Å². The molecule has 0 aliphatic carbocycles. The van der Waals surface area contributed by atoms with Gasteiger partial charge in [-0.15, -0.1) is 0 Å². The van der Waals surface area contributed by atoms with Gasteiger partial charge in [0.05, 0.1) is 23.9 Å².